The number of nitrogens with one attached hydrogen (secondary N) is 2. The van der Waals surface area contributed by atoms with Crippen LogP contribution < -0.4 is 5.56 Å². The molecule has 0 atom stereocenters. The summed E-state index contributed by atoms with van der Waals surface area (Å²) in [4.78, 5) is 22.7. The molecule has 4 heteroatoms. The molecular weight excluding hydrogens is 322 g/mol. The Morgan fingerprint density at radius 3 is 2.62 bits per heavy atom. The van der Waals surface area contributed by atoms with Gasteiger partial charge in [-0.1, -0.05) is 36.4 Å². The van der Waals surface area contributed by atoms with E-state index in [1.165, 1.54) is 5.39 Å². The standard InChI is InChI=1S/C22H15N3O/c26-21-12-17(19-13-24-22-18(19)6-3-9-23-22)11-20(25-21)16-8-7-14-4-1-2-5-15(14)10-16/h1-13H,(H,23,24)(H,25,26). The quantitative estimate of drug-likeness (QED) is 0.489. The topological polar surface area (TPSA) is 61.5 Å². The maximum atomic E-state index is 12.3. The van der Waals surface area contributed by atoms with Crippen molar-refractivity contribution in [1.82, 2.24) is 15.0 Å². The number of fused-ring (bicyclic) bond motifs is 2. The van der Waals surface area contributed by atoms with Gasteiger partial charge in [0.1, 0.15) is 5.65 Å². The third-order valence-corrected chi connectivity index (χ3v) is 4.67. The molecule has 0 radical (unpaired) electrons. The first-order chi connectivity index (χ1) is 12.8. The van der Waals surface area contributed by atoms with Gasteiger partial charge in [-0.05, 0) is 46.2 Å². The van der Waals surface area contributed by atoms with Gasteiger partial charge in [-0.3, -0.25) is 4.79 Å². The average molecular weight is 337 g/mol. The molecule has 0 spiro atoms. The van der Waals surface area contributed by atoms with Crippen molar-refractivity contribution in [1.29, 1.82) is 0 Å². The van der Waals surface area contributed by atoms with Crippen LogP contribution in [0.1, 0.15) is 0 Å². The number of aromatic nitrogens is 3. The Balaban J connectivity index is 1.70. The van der Waals surface area contributed by atoms with Crippen LogP contribution in [0.3, 0.4) is 0 Å². The second kappa shape index (κ2) is 5.70. The molecule has 0 aliphatic heterocycles. The molecule has 3 aromatic heterocycles. The average Bonchev–Trinajstić information content (AvgIpc) is 3.11. The number of rotatable bonds is 2. The van der Waals surface area contributed by atoms with Crippen molar-refractivity contribution in [2.75, 3.05) is 0 Å². The fourth-order valence-corrected chi connectivity index (χ4v) is 3.41. The lowest BCUT2D eigenvalue weighted by atomic mass is 10.0. The van der Waals surface area contributed by atoms with Crippen molar-refractivity contribution < 1.29 is 0 Å². The molecule has 0 amide bonds. The molecule has 26 heavy (non-hydrogen) atoms. The Hall–Kier alpha value is -3.66. The molecule has 3 heterocycles. The third-order valence-electron chi connectivity index (χ3n) is 4.67. The van der Waals surface area contributed by atoms with Gasteiger partial charge in [0.25, 0.3) is 0 Å². The first-order valence-electron chi connectivity index (χ1n) is 8.44. The summed E-state index contributed by atoms with van der Waals surface area (Å²) in [6.45, 7) is 0. The van der Waals surface area contributed by atoms with Crippen molar-refractivity contribution in [3.05, 3.63) is 89.5 Å². The number of pyridine rings is 2. The van der Waals surface area contributed by atoms with Crippen LogP contribution in [0.5, 0.6) is 0 Å². The summed E-state index contributed by atoms with van der Waals surface area (Å²) in [5.41, 5.74) is 4.33. The number of benzene rings is 2. The Labute approximate surface area is 149 Å². The fraction of sp³-hybridized carbons (Fsp3) is 0. The molecule has 5 aromatic rings. The number of aromatic amines is 2. The predicted octanol–water partition coefficient (Wildman–Crippen LogP) is 4.74. The molecule has 0 saturated carbocycles. The summed E-state index contributed by atoms with van der Waals surface area (Å²) in [6, 6.07) is 22.0. The molecule has 5 rings (SSSR count). The summed E-state index contributed by atoms with van der Waals surface area (Å²) < 4.78 is 0. The molecule has 124 valence electrons. The molecule has 2 N–H and O–H groups in total. The van der Waals surface area contributed by atoms with E-state index < -0.39 is 0 Å². The zero-order valence-corrected chi connectivity index (χ0v) is 13.9. The minimum absolute atomic E-state index is 0.121. The predicted molar refractivity (Wildman–Crippen MR) is 105 cm³/mol. The Bertz CT molecular complexity index is 1310. The van der Waals surface area contributed by atoms with Gasteiger partial charge in [0.05, 0.1) is 0 Å². The van der Waals surface area contributed by atoms with Gasteiger partial charge in [0.2, 0.25) is 5.56 Å². The summed E-state index contributed by atoms with van der Waals surface area (Å²) in [5, 5.41) is 3.33. The third kappa shape index (κ3) is 2.40. The van der Waals surface area contributed by atoms with Crippen molar-refractivity contribution in [3.8, 4) is 22.4 Å². The van der Waals surface area contributed by atoms with Crippen LogP contribution in [0.25, 0.3) is 44.2 Å². The molecule has 2 aromatic carbocycles. The number of nitrogens with zero attached hydrogens (tertiary/aromatic N) is 1. The van der Waals surface area contributed by atoms with Crippen LogP contribution in [-0.4, -0.2) is 15.0 Å². The Morgan fingerprint density at radius 2 is 1.69 bits per heavy atom. The van der Waals surface area contributed by atoms with E-state index in [1.807, 2.05) is 42.6 Å². The lowest BCUT2D eigenvalue weighted by molar-refractivity contribution is 1.24. The van der Waals surface area contributed by atoms with Crippen LogP contribution in [-0.2, 0) is 0 Å². The van der Waals surface area contributed by atoms with Gasteiger partial charge in [-0.25, -0.2) is 4.98 Å². The molecule has 0 aliphatic carbocycles. The van der Waals surface area contributed by atoms with Gasteiger partial charge < -0.3 is 9.97 Å². The van der Waals surface area contributed by atoms with Crippen LogP contribution in [0.15, 0.2) is 83.9 Å². The van der Waals surface area contributed by atoms with Crippen LogP contribution >= 0.6 is 0 Å². The van der Waals surface area contributed by atoms with Crippen molar-refractivity contribution in [2.45, 2.75) is 0 Å². The number of hydrogen-bond donors (Lipinski definition) is 2. The van der Waals surface area contributed by atoms with E-state index in [0.29, 0.717) is 0 Å². The van der Waals surface area contributed by atoms with Crippen LogP contribution in [0, 0.1) is 0 Å². The SMILES string of the molecule is O=c1cc(-c2c[nH]c3ncccc23)cc(-c2ccc3ccccc3c2)[nH]1. The van der Waals surface area contributed by atoms with Crippen molar-refractivity contribution in [3.63, 3.8) is 0 Å². The van der Waals surface area contributed by atoms with Crippen molar-refractivity contribution >= 4 is 21.8 Å². The first kappa shape index (κ1) is 14.7. The van der Waals surface area contributed by atoms with Gasteiger partial charge in [-0.2, -0.15) is 0 Å². The number of H-pyrrole nitrogens is 2. The monoisotopic (exact) mass is 337 g/mol. The van der Waals surface area contributed by atoms with Gasteiger partial charge in [-0.15, -0.1) is 0 Å². The van der Waals surface area contributed by atoms with Gasteiger partial charge in [0.15, 0.2) is 0 Å². The highest BCUT2D eigenvalue weighted by atomic mass is 16.1. The molecule has 0 aliphatic rings. The molecule has 0 bridgehead atoms. The van der Waals surface area contributed by atoms with E-state index in [4.69, 9.17) is 0 Å². The Morgan fingerprint density at radius 1 is 0.808 bits per heavy atom. The highest BCUT2D eigenvalue weighted by Gasteiger charge is 2.10. The minimum Gasteiger partial charge on any atom is -0.346 e. The first-order valence-corrected chi connectivity index (χ1v) is 8.44. The molecule has 0 saturated heterocycles. The molecule has 0 unspecified atom stereocenters. The van der Waals surface area contributed by atoms with Crippen LogP contribution in [0.2, 0.25) is 0 Å². The van der Waals surface area contributed by atoms with E-state index in [1.54, 1.807) is 12.3 Å². The normalized spacial score (nSPS) is 11.2. The lowest BCUT2D eigenvalue weighted by Gasteiger charge is -2.07. The van der Waals surface area contributed by atoms with E-state index in [-0.39, 0.29) is 5.56 Å². The van der Waals surface area contributed by atoms with Crippen molar-refractivity contribution in [2.24, 2.45) is 0 Å². The van der Waals surface area contributed by atoms with Gasteiger partial charge in [0, 0.05) is 35.1 Å². The second-order valence-corrected chi connectivity index (χ2v) is 6.31. The zero-order chi connectivity index (χ0) is 17.5. The lowest BCUT2D eigenvalue weighted by Crippen LogP contribution is -2.05. The highest BCUT2D eigenvalue weighted by molar-refractivity contribution is 5.94. The van der Waals surface area contributed by atoms with Gasteiger partial charge >= 0.3 is 0 Å². The van der Waals surface area contributed by atoms with E-state index in [2.05, 4.69) is 39.2 Å². The molecule has 4 nitrogen and oxygen atoms in total. The fourth-order valence-electron chi connectivity index (χ4n) is 3.41. The second-order valence-electron chi connectivity index (χ2n) is 6.31. The summed E-state index contributed by atoms with van der Waals surface area (Å²) >= 11 is 0. The maximum Gasteiger partial charge on any atom is 0.249 e. The zero-order valence-electron chi connectivity index (χ0n) is 13.9. The summed E-state index contributed by atoms with van der Waals surface area (Å²) in [7, 11) is 0. The van der Waals surface area contributed by atoms with E-state index >= 15 is 0 Å². The summed E-state index contributed by atoms with van der Waals surface area (Å²) in [5.74, 6) is 0. The van der Waals surface area contributed by atoms with E-state index in [0.717, 1.165) is 38.8 Å². The molecule has 0 fully saturated rings. The minimum atomic E-state index is -0.121. The summed E-state index contributed by atoms with van der Waals surface area (Å²) in [6.07, 6.45) is 3.65. The van der Waals surface area contributed by atoms with E-state index in [9.17, 15) is 4.79 Å². The highest BCUT2D eigenvalue weighted by Crippen LogP contribution is 2.30. The smallest absolute Gasteiger partial charge is 0.249 e. The molecular formula is C22H15N3O. The largest absolute Gasteiger partial charge is 0.346 e. The number of hydrogen-bond acceptors (Lipinski definition) is 2. The Kier molecular flexibility index (Phi) is 3.22. The maximum absolute atomic E-state index is 12.3. The van der Waals surface area contributed by atoms with Crippen LogP contribution in [0.4, 0.5) is 0 Å².